The normalized spacial score (nSPS) is 10.5. The van der Waals surface area contributed by atoms with Crippen LogP contribution in [0.15, 0.2) is 84.9 Å². The highest BCUT2D eigenvalue weighted by atomic mass is 79.9. The zero-order valence-electron chi connectivity index (χ0n) is 14.3. The molecule has 0 atom stereocenters. The molecular formula is C22H25BrNP. The Balaban J connectivity index is 0.00000225. The van der Waals surface area contributed by atoms with E-state index in [0.29, 0.717) is 0 Å². The van der Waals surface area contributed by atoms with Gasteiger partial charge in [0.15, 0.2) is 0 Å². The number of nitrogens with two attached hydrogens (primary N) is 1. The molecule has 0 unspecified atom stereocenters. The van der Waals surface area contributed by atoms with Gasteiger partial charge in [0, 0.05) is 0 Å². The fraction of sp³-hybridized carbons (Fsp3) is 0.182. The molecule has 2 N–H and O–H groups in total. The molecule has 0 spiro atoms. The van der Waals surface area contributed by atoms with Crippen molar-refractivity contribution in [1.82, 2.24) is 0 Å². The van der Waals surface area contributed by atoms with Crippen LogP contribution in [-0.2, 0) is 6.42 Å². The zero-order valence-corrected chi connectivity index (χ0v) is 17.0. The number of rotatable bonds is 7. The minimum Gasteiger partial charge on any atom is -0.330 e. The Morgan fingerprint density at radius 2 is 1.16 bits per heavy atom. The summed E-state index contributed by atoms with van der Waals surface area (Å²) in [6.07, 6.45) is 3.34. The van der Waals surface area contributed by atoms with Crippen LogP contribution in [0.25, 0.3) is 0 Å². The molecule has 3 rings (SSSR count). The van der Waals surface area contributed by atoms with Gasteiger partial charge in [-0.3, -0.25) is 0 Å². The molecule has 1 nitrogen and oxygen atoms in total. The van der Waals surface area contributed by atoms with Crippen LogP contribution in [0.3, 0.4) is 0 Å². The van der Waals surface area contributed by atoms with E-state index in [2.05, 4.69) is 84.9 Å². The first-order chi connectivity index (χ1) is 11.9. The number of hydrogen-bond donors (Lipinski definition) is 1. The summed E-state index contributed by atoms with van der Waals surface area (Å²) in [7, 11) is -0.519. The number of halogens is 1. The number of hydrogen-bond acceptors (Lipinski definition) is 1. The molecule has 0 bridgehead atoms. The third kappa shape index (κ3) is 5.25. The molecule has 0 saturated carbocycles. The second-order valence-corrected chi connectivity index (χ2v) is 8.07. The summed E-state index contributed by atoms with van der Waals surface area (Å²) < 4.78 is 0. The average Bonchev–Trinajstić information content (AvgIpc) is 2.65. The first-order valence-corrected chi connectivity index (χ1v) is 9.92. The van der Waals surface area contributed by atoms with Gasteiger partial charge >= 0.3 is 0 Å². The summed E-state index contributed by atoms with van der Waals surface area (Å²) in [6.45, 7) is 0.772. The molecule has 3 heteroatoms. The van der Waals surface area contributed by atoms with E-state index in [1.807, 2.05) is 0 Å². The highest BCUT2D eigenvalue weighted by Crippen LogP contribution is 2.34. The molecule has 0 saturated heterocycles. The number of benzene rings is 3. The lowest BCUT2D eigenvalue weighted by Gasteiger charge is -2.22. The van der Waals surface area contributed by atoms with E-state index < -0.39 is 7.92 Å². The molecule has 0 amide bonds. The molecule has 0 fully saturated rings. The standard InChI is InChI=1S/C22H24NP.BrH/c23-18-10-9-12-19-11-7-8-17-22(19)24(20-13-3-1-4-14-20)21-15-5-2-6-16-21;/h1-8,11,13-17H,9-10,12,18,23H2;1H. The van der Waals surface area contributed by atoms with E-state index in [-0.39, 0.29) is 17.0 Å². The molecule has 0 aliphatic carbocycles. The summed E-state index contributed by atoms with van der Waals surface area (Å²) in [5, 5.41) is 4.29. The van der Waals surface area contributed by atoms with Crippen LogP contribution in [0.4, 0.5) is 0 Å². The van der Waals surface area contributed by atoms with Gasteiger partial charge in [0.25, 0.3) is 0 Å². The van der Waals surface area contributed by atoms with E-state index in [1.165, 1.54) is 21.5 Å². The smallest absolute Gasteiger partial charge is 0.00772 e. The molecular weight excluding hydrogens is 389 g/mol. The van der Waals surface area contributed by atoms with Crippen LogP contribution in [0.2, 0.25) is 0 Å². The molecule has 0 radical (unpaired) electrons. The van der Waals surface area contributed by atoms with Crippen LogP contribution >= 0.6 is 24.9 Å². The van der Waals surface area contributed by atoms with Crippen molar-refractivity contribution in [3.05, 3.63) is 90.5 Å². The summed E-state index contributed by atoms with van der Waals surface area (Å²) in [5.74, 6) is 0. The zero-order chi connectivity index (χ0) is 16.6. The Morgan fingerprint density at radius 3 is 1.72 bits per heavy atom. The van der Waals surface area contributed by atoms with Gasteiger partial charge < -0.3 is 5.73 Å². The molecule has 3 aromatic carbocycles. The third-order valence-electron chi connectivity index (χ3n) is 4.16. The van der Waals surface area contributed by atoms with Gasteiger partial charge in [0.1, 0.15) is 0 Å². The number of aryl methyl sites for hydroxylation is 1. The van der Waals surface area contributed by atoms with Gasteiger partial charge in [-0.1, -0.05) is 84.9 Å². The molecule has 0 heterocycles. The van der Waals surface area contributed by atoms with E-state index in [9.17, 15) is 0 Å². The predicted molar refractivity (Wildman–Crippen MR) is 117 cm³/mol. The highest BCUT2D eigenvalue weighted by molar-refractivity contribution is 8.93. The van der Waals surface area contributed by atoms with Crippen LogP contribution in [0.5, 0.6) is 0 Å². The van der Waals surface area contributed by atoms with Gasteiger partial charge in [0.05, 0.1) is 0 Å². The van der Waals surface area contributed by atoms with Crippen molar-refractivity contribution in [2.45, 2.75) is 19.3 Å². The van der Waals surface area contributed by atoms with Crippen molar-refractivity contribution in [3.8, 4) is 0 Å². The van der Waals surface area contributed by atoms with Crippen LogP contribution in [0, 0.1) is 0 Å². The predicted octanol–water partition coefficient (Wildman–Crippen LogP) is 4.30. The summed E-state index contributed by atoms with van der Waals surface area (Å²) in [5.41, 5.74) is 7.14. The fourth-order valence-electron chi connectivity index (χ4n) is 2.98. The van der Waals surface area contributed by atoms with Crippen molar-refractivity contribution in [2.24, 2.45) is 5.73 Å². The Bertz CT molecular complexity index is 707. The first-order valence-electron chi connectivity index (χ1n) is 8.58. The van der Waals surface area contributed by atoms with Crippen molar-refractivity contribution in [3.63, 3.8) is 0 Å². The molecule has 130 valence electrons. The fourth-order valence-corrected chi connectivity index (χ4v) is 5.49. The molecule has 25 heavy (non-hydrogen) atoms. The lowest BCUT2D eigenvalue weighted by Crippen LogP contribution is -2.23. The van der Waals surface area contributed by atoms with E-state index in [4.69, 9.17) is 5.73 Å². The van der Waals surface area contributed by atoms with Gasteiger partial charge in [0.2, 0.25) is 0 Å². The summed E-state index contributed by atoms with van der Waals surface area (Å²) in [6, 6.07) is 30.7. The summed E-state index contributed by atoms with van der Waals surface area (Å²) in [4.78, 5) is 0. The SMILES string of the molecule is Br.NCCCCc1ccccc1P(c1ccccc1)c1ccccc1. The van der Waals surface area contributed by atoms with Gasteiger partial charge in [-0.25, -0.2) is 0 Å². The minimum absolute atomic E-state index is 0. The molecule has 0 aliphatic rings. The molecule has 3 aromatic rings. The molecule has 0 aliphatic heterocycles. The average molecular weight is 414 g/mol. The summed E-state index contributed by atoms with van der Waals surface area (Å²) >= 11 is 0. The van der Waals surface area contributed by atoms with Crippen LogP contribution < -0.4 is 21.6 Å². The lowest BCUT2D eigenvalue weighted by atomic mass is 10.1. The maximum absolute atomic E-state index is 5.68. The van der Waals surface area contributed by atoms with E-state index in [1.54, 1.807) is 0 Å². The Morgan fingerprint density at radius 1 is 0.640 bits per heavy atom. The van der Waals surface area contributed by atoms with Crippen molar-refractivity contribution < 1.29 is 0 Å². The van der Waals surface area contributed by atoms with E-state index in [0.717, 1.165) is 25.8 Å². The van der Waals surface area contributed by atoms with E-state index >= 15 is 0 Å². The Kier molecular flexibility index (Phi) is 8.34. The van der Waals surface area contributed by atoms with Gasteiger partial charge in [-0.05, 0) is 55.2 Å². The largest absolute Gasteiger partial charge is 0.330 e. The maximum atomic E-state index is 5.68. The van der Waals surface area contributed by atoms with Crippen LogP contribution in [0.1, 0.15) is 18.4 Å². The van der Waals surface area contributed by atoms with Crippen LogP contribution in [-0.4, -0.2) is 6.54 Å². The maximum Gasteiger partial charge on any atom is -0.00772 e. The van der Waals surface area contributed by atoms with Gasteiger partial charge in [-0.15, -0.1) is 17.0 Å². The lowest BCUT2D eigenvalue weighted by molar-refractivity contribution is 0.747. The number of unbranched alkanes of at least 4 members (excludes halogenated alkanes) is 1. The quantitative estimate of drug-likeness (QED) is 0.453. The third-order valence-corrected chi connectivity index (χ3v) is 6.71. The Labute approximate surface area is 162 Å². The second-order valence-electron chi connectivity index (χ2n) is 5.88. The van der Waals surface area contributed by atoms with Gasteiger partial charge in [-0.2, -0.15) is 0 Å². The first kappa shape index (κ1) is 19.8. The van der Waals surface area contributed by atoms with Crippen molar-refractivity contribution >= 4 is 40.8 Å². The highest BCUT2D eigenvalue weighted by Gasteiger charge is 2.18. The topological polar surface area (TPSA) is 26.0 Å². The minimum atomic E-state index is -0.519. The second kappa shape index (κ2) is 10.5. The van der Waals surface area contributed by atoms with Crippen molar-refractivity contribution in [2.75, 3.05) is 6.54 Å². The molecule has 0 aromatic heterocycles. The van der Waals surface area contributed by atoms with Crippen molar-refractivity contribution in [1.29, 1.82) is 0 Å². The Hall–Kier alpha value is -1.47. The monoisotopic (exact) mass is 413 g/mol.